The van der Waals surface area contributed by atoms with Gasteiger partial charge in [-0.3, -0.25) is 0 Å². The Bertz CT molecular complexity index is 774. The highest BCUT2D eigenvalue weighted by atomic mass is 79.9. The van der Waals surface area contributed by atoms with Crippen LogP contribution in [0.2, 0.25) is 5.02 Å². The van der Waals surface area contributed by atoms with Crippen molar-refractivity contribution in [1.82, 2.24) is 14.7 Å². The number of sulfonamides is 1. The highest BCUT2D eigenvalue weighted by Crippen LogP contribution is 2.34. The highest BCUT2D eigenvalue weighted by molar-refractivity contribution is 9.10. The Balaban J connectivity index is 2.32. The van der Waals surface area contributed by atoms with Crippen LogP contribution in [-0.4, -0.2) is 18.4 Å². The monoisotopic (exact) mass is 394 g/mol. The average Bonchev–Trinajstić information content (AvgIpc) is 2.48. The molecular weight excluding hydrogens is 387 g/mol. The number of aromatic nitrogens is 2. The van der Waals surface area contributed by atoms with Crippen LogP contribution in [0.3, 0.4) is 0 Å². The summed E-state index contributed by atoms with van der Waals surface area (Å²) in [5, 5.41) is -0.00342. The lowest BCUT2D eigenvalue weighted by molar-refractivity contribution is 0.557. The van der Waals surface area contributed by atoms with Crippen LogP contribution in [0.25, 0.3) is 0 Å². The van der Waals surface area contributed by atoms with Gasteiger partial charge in [0.2, 0.25) is 10.0 Å². The summed E-state index contributed by atoms with van der Waals surface area (Å²) < 4.78 is 40.6. The minimum absolute atomic E-state index is 0.00342. The third kappa shape index (κ3) is 3.49. The van der Waals surface area contributed by atoms with Gasteiger partial charge in [0, 0.05) is 6.20 Å². The van der Waals surface area contributed by atoms with Crippen molar-refractivity contribution in [3.8, 4) is 0 Å². The Morgan fingerprint density at radius 2 is 2.19 bits per heavy atom. The number of benzene rings is 1. The van der Waals surface area contributed by atoms with E-state index >= 15 is 0 Å². The Morgan fingerprint density at radius 1 is 1.48 bits per heavy atom. The van der Waals surface area contributed by atoms with Crippen molar-refractivity contribution in [2.45, 2.75) is 11.4 Å². The van der Waals surface area contributed by atoms with Crippen LogP contribution in [0.15, 0.2) is 34.0 Å². The Kier molecular flexibility index (Phi) is 4.77. The van der Waals surface area contributed by atoms with Crippen molar-refractivity contribution in [3.05, 3.63) is 45.7 Å². The van der Waals surface area contributed by atoms with Gasteiger partial charge in [0.25, 0.3) is 0 Å². The van der Waals surface area contributed by atoms with E-state index in [9.17, 15) is 12.8 Å². The van der Waals surface area contributed by atoms with Crippen LogP contribution >= 0.6 is 27.5 Å². The molecule has 0 spiro atoms. The minimum atomic E-state index is -4.12. The summed E-state index contributed by atoms with van der Waals surface area (Å²) in [6, 6.07) is 2.52. The van der Waals surface area contributed by atoms with E-state index in [1.165, 1.54) is 18.6 Å². The van der Waals surface area contributed by atoms with Gasteiger partial charge in [0.15, 0.2) is 5.82 Å². The van der Waals surface area contributed by atoms with Crippen LogP contribution in [0.5, 0.6) is 0 Å². The topological polar surface area (TPSA) is 98.0 Å². The number of nitrogens with one attached hydrogen (secondary N) is 1. The summed E-state index contributed by atoms with van der Waals surface area (Å²) in [5.74, 6) is -1.07. The van der Waals surface area contributed by atoms with Crippen molar-refractivity contribution in [3.63, 3.8) is 0 Å². The summed E-state index contributed by atoms with van der Waals surface area (Å²) in [7, 11) is -4.12. The zero-order valence-electron chi connectivity index (χ0n) is 10.3. The fourth-order valence-electron chi connectivity index (χ4n) is 1.46. The largest absolute Gasteiger partial charge is 0.395 e. The first-order valence-electron chi connectivity index (χ1n) is 5.50. The van der Waals surface area contributed by atoms with Gasteiger partial charge < -0.3 is 5.73 Å². The van der Waals surface area contributed by atoms with Gasteiger partial charge in [-0.25, -0.2) is 27.5 Å². The zero-order valence-corrected chi connectivity index (χ0v) is 13.5. The molecule has 0 atom stereocenters. The third-order valence-electron chi connectivity index (χ3n) is 2.53. The Morgan fingerprint density at radius 3 is 2.81 bits per heavy atom. The van der Waals surface area contributed by atoms with E-state index < -0.39 is 20.7 Å². The molecule has 0 amide bonds. The molecule has 0 bridgehead atoms. The molecule has 3 N–H and O–H groups in total. The Hall–Kier alpha value is -1.29. The van der Waals surface area contributed by atoms with Crippen molar-refractivity contribution in [1.29, 1.82) is 0 Å². The lowest BCUT2D eigenvalue weighted by Crippen LogP contribution is -2.25. The molecule has 0 unspecified atom stereocenters. The van der Waals surface area contributed by atoms with Gasteiger partial charge >= 0.3 is 0 Å². The molecule has 1 aromatic carbocycles. The fraction of sp³-hybridized carbons (Fsp3) is 0.0909. The van der Waals surface area contributed by atoms with E-state index in [1.54, 1.807) is 0 Å². The normalized spacial score (nSPS) is 11.6. The zero-order chi connectivity index (χ0) is 15.6. The molecule has 10 heteroatoms. The number of nitrogens with zero attached hydrogens (tertiary/aromatic N) is 2. The molecule has 0 aliphatic rings. The maximum atomic E-state index is 14.0. The molecule has 1 aromatic heterocycles. The van der Waals surface area contributed by atoms with Gasteiger partial charge in [-0.15, -0.1) is 0 Å². The van der Waals surface area contributed by atoms with Crippen molar-refractivity contribution >= 4 is 43.2 Å². The molecular formula is C11H9BrClFN4O2S. The van der Waals surface area contributed by atoms with Crippen LogP contribution in [-0.2, 0) is 16.6 Å². The van der Waals surface area contributed by atoms with Gasteiger partial charge in [-0.05, 0) is 28.1 Å². The van der Waals surface area contributed by atoms with E-state index in [0.29, 0.717) is 5.69 Å². The van der Waals surface area contributed by atoms with E-state index in [1.807, 2.05) is 0 Å². The molecule has 112 valence electrons. The smallest absolute Gasteiger partial charge is 0.243 e. The SMILES string of the molecule is Nc1c(F)c(S(=O)(=O)NCc2ccncn2)cc(Cl)c1Br. The first-order valence-corrected chi connectivity index (χ1v) is 8.16. The average molecular weight is 396 g/mol. The highest BCUT2D eigenvalue weighted by Gasteiger charge is 2.24. The molecule has 0 aliphatic carbocycles. The molecule has 6 nitrogen and oxygen atoms in total. The molecule has 0 radical (unpaired) electrons. The Labute approximate surface area is 133 Å². The number of nitrogen functional groups attached to an aromatic ring is 1. The van der Waals surface area contributed by atoms with E-state index in [4.69, 9.17) is 17.3 Å². The third-order valence-corrected chi connectivity index (χ3v) is 5.31. The number of nitrogens with two attached hydrogens (primary N) is 1. The summed E-state index contributed by atoms with van der Waals surface area (Å²) >= 11 is 8.79. The second-order valence-corrected chi connectivity index (χ2v) is 6.86. The fourth-order valence-corrected chi connectivity index (χ4v) is 3.14. The lowest BCUT2D eigenvalue weighted by atomic mass is 10.3. The van der Waals surface area contributed by atoms with Crippen LogP contribution < -0.4 is 10.5 Å². The van der Waals surface area contributed by atoms with Gasteiger partial charge in [-0.1, -0.05) is 11.6 Å². The van der Waals surface area contributed by atoms with Crippen molar-refractivity contribution in [2.24, 2.45) is 0 Å². The molecule has 2 aromatic rings. The quantitative estimate of drug-likeness (QED) is 0.610. The summed E-state index contributed by atoms with van der Waals surface area (Å²) in [6.07, 6.45) is 2.74. The van der Waals surface area contributed by atoms with Crippen LogP contribution in [0.4, 0.5) is 10.1 Å². The summed E-state index contributed by atoms with van der Waals surface area (Å²) in [5.41, 5.74) is 5.53. The number of anilines is 1. The predicted molar refractivity (Wildman–Crippen MR) is 79.6 cm³/mol. The first kappa shape index (κ1) is 16.1. The van der Waals surface area contributed by atoms with Crippen LogP contribution in [0, 0.1) is 5.82 Å². The molecule has 0 aliphatic heterocycles. The van der Waals surface area contributed by atoms with Crippen molar-refractivity contribution in [2.75, 3.05) is 5.73 Å². The van der Waals surface area contributed by atoms with E-state index in [0.717, 1.165) is 6.07 Å². The number of hydrogen-bond acceptors (Lipinski definition) is 5. The summed E-state index contributed by atoms with van der Waals surface area (Å²) in [4.78, 5) is 6.94. The maximum absolute atomic E-state index is 14.0. The van der Waals surface area contributed by atoms with Crippen molar-refractivity contribution < 1.29 is 12.8 Å². The van der Waals surface area contributed by atoms with E-state index in [-0.39, 0.29) is 21.7 Å². The predicted octanol–water partition coefficient (Wildman–Crippen LogP) is 2.09. The van der Waals surface area contributed by atoms with Gasteiger partial charge in [0.1, 0.15) is 11.2 Å². The number of rotatable bonds is 4. The number of halogens is 3. The second kappa shape index (κ2) is 6.22. The van der Waals surface area contributed by atoms with Crippen LogP contribution in [0.1, 0.15) is 5.69 Å². The minimum Gasteiger partial charge on any atom is -0.395 e. The first-order chi connectivity index (χ1) is 9.83. The summed E-state index contributed by atoms with van der Waals surface area (Å²) in [6.45, 7) is -0.113. The maximum Gasteiger partial charge on any atom is 0.243 e. The van der Waals surface area contributed by atoms with Gasteiger partial charge in [-0.2, -0.15) is 0 Å². The molecule has 2 rings (SSSR count). The van der Waals surface area contributed by atoms with E-state index in [2.05, 4.69) is 30.6 Å². The number of hydrogen-bond donors (Lipinski definition) is 2. The molecule has 0 saturated carbocycles. The molecule has 0 saturated heterocycles. The second-order valence-electron chi connectivity index (χ2n) is 3.92. The molecule has 0 fully saturated rings. The standard InChI is InChI=1S/C11H9BrClFN4O2S/c12-9-7(13)3-8(10(14)11(9)15)21(19,20)18-4-6-1-2-16-5-17-6/h1-3,5,18H,4,15H2. The van der Waals surface area contributed by atoms with Gasteiger partial charge in [0.05, 0.1) is 27.4 Å². The molecule has 21 heavy (non-hydrogen) atoms. The molecule has 1 heterocycles. The lowest BCUT2D eigenvalue weighted by Gasteiger charge is -2.11.